The number of nitrogens with zero attached hydrogens (tertiary/aromatic N) is 1. The molecule has 110 valence electrons. The average Bonchev–Trinajstić information content (AvgIpc) is 2.55. The number of carbonyl (C=O) groups excluding carboxylic acids is 2. The van der Waals surface area contributed by atoms with E-state index < -0.39 is 11.7 Å². The first kappa shape index (κ1) is 15.4. The van der Waals surface area contributed by atoms with Crippen LogP contribution in [0.5, 0.6) is 0 Å². The standard InChI is InChI=1S/C16H12FN3O2/c17-14-6-5-10(7-11(14)9-18)8-15(21)12-3-1-2-4-13(12)16(22)20-19/h1-7H,8,19H2,(H,20,22). The second kappa shape index (κ2) is 6.61. The van der Waals surface area contributed by atoms with Gasteiger partial charge in [-0.3, -0.25) is 15.0 Å². The molecule has 1 amide bonds. The summed E-state index contributed by atoms with van der Waals surface area (Å²) in [5, 5.41) is 8.80. The van der Waals surface area contributed by atoms with Gasteiger partial charge in [0.15, 0.2) is 5.78 Å². The quantitative estimate of drug-likeness (QED) is 0.389. The smallest absolute Gasteiger partial charge is 0.265 e. The minimum Gasteiger partial charge on any atom is -0.294 e. The maximum absolute atomic E-state index is 13.3. The first-order valence-electron chi connectivity index (χ1n) is 6.38. The summed E-state index contributed by atoms with van der Waals surface area (Å²) in [6, 6.07) is 11.9. The van der Waals surface area contributed by atoms with Gasteiger partial charge in [-0.05, 0) is 23.8 Å². The molecule has 0 fully saturated rings. The predicted molar refractivity (Wildman–Crippen MR) is 77.2 cm³/mol. The van der Waals surface area contributed by atoms with Crippen LogP contribution in [0.15, 0.2) is 42.5 Å². The lowest BCUT2D eigenvalue weighted by atomic mass is 9.97. The number of halogens is 1. The molecule has 2 aromatic carbocycles. The molecule has 5 nitrogen and oxygen atoms in total. The van der Waals surface area contributed by atoms with Crippen LogP contribution in [0.2, 0.25) is 0 Å². The number of nitrogens with two attached hydrogens (primary N) is 1. The fraction of sp³-hybridized carbons (Fsp3) is 0.0625. The average molecular weight is 297 g/mol. The summed E-state index contributed by atoms with van der Waals surface area (Å²) in [6.07, 6.45) is -0.0518. The van der Waals surface area contributed by atoms with Crippen molar-refractivity contribution in [2.24, 2.45) is 5.84 Å². The van der Waals surface area contributed by atoms with Gasteiger partial charge < -0.3 is 0 Å². The van der Waals surface area contributed by atoms with Crippen molar-refractivity contribution in [2.45, 2.75) is 6.42 Å². The zero-order chi connectivity index (χ0) is 16.1. The number of Topliss-reactive ketones (excluding diaryl/α,β-unsaturated/α-hetero) is 1. The molecule has 0 radical (unpaired) electrons. The largest absolute Gasteiger partial charge is 0.294 e. The summed E-state index contributed by atoms with van der Waals surface area (Å²) in [5.41, 5.74) is 2.73. The zero-order valence-electron chi connectivity index (χ0n) is 11.5. The molecule has 0 saturated heterocycles. The van der Waals surface area contributed by atoms with Crippen molar-refractivity contribution < 1.29 is 14.0 Å². The number of carbonyl (C=O) groups is 2. The third-order valence-electron chi connectivity index (χ3n) is 3.12. The molecule has 6 heteroatoms. The van der Waals surface area contributed by atoms with Crippen molar-refractivity contribution >= 4 is 11.7 Å². The molecule has 22 heavy (non-hydrogen) atoms. The van der Waals surface area contributed by atoms with E-state index in [1.54, 1.807) is 18.2 Å². The number of rotatable bonds is 4. The van der Waals surface area contributed by atoms with Gasteiger partial charge in [0.05, 0.1) is 11.1 Å². The molecule has 0 spiro atoms. The molecule has 0 bridgehead atoms. The minimum atomic E-state index is -0.637. The van der Waals surface area contributed by atoms with Crippen molar-refractivity contribution in [2.75, 3.05) is 0 Å². The maximum Gasteiger partial charge on any atom is 0.265 e. The molecule has 0 heterocycles. The van der Waals surface area contributed by atoms with E-state index in [4.69, 9.17) is 11.1 Å². The predicted octanol–water partition coefficient (Wildman–Crippen LogP) is 1.73. The number of amides is 1. The summed E-state index contributed by atoms with van der Waals surface area (Å²) in [5.74, 6) is 3.56. The number of hydrogen-bond acceptors (Lipinski definition) is 4. The van der Waals surface area contributed by atoms with Gasteiger partial charge in [0.2, 0.25) is 0 Å². The number of hydrazine groups is 1. The second-order valence-electron chi connectivity index (χ2n) is 4.55. The normalized spacial score (nSPS) is 9.86. The van der Waals surface area contributed by atoms with Crippen LogP contribution in [0.3, 0.4) is 0 Å². The Hall–Kier alpha value is -3.04. The van der Waals surface area contributed by atoms with Crippen LogP contribution in [-0.4, -0.2) is 11.7 Å². The molecule has 0 aromatic heterocycles. The maximum atomic E-state index is 13.3. The van der Waals surface area contributed by atoms with E-state index in [2.05, 4.69) is 0 Å². The third kappa shape index (κ3) is 3.16. The summed E-state index contributed by atoms with van der Waals surface area (Å²) < 4.78 is 13.3. The van der Waals surface area contributed by atoms with Crippen LogP contribution >= 0.6 is 0 Å². The van der Waals surface area contributed by atoms with E-state index in [1.165, 1.54) is 24.3 Å². The Morgan fingerprint density at radius 3 is 2.50 bits per heavy atom. The van der Waals surface area contributed by atoms with Gasteiger partial charge in [0.1, 0.15) is 11.9 Å². The number of ketones is 1. The van der Waals surface area contributed by atoms with Gasteiger partial charge in [-0.15, -0.1) is 0 Å². The van der Waals surface area contributed by atoms with E-state index in [1.807, 2.05) is 5.43 Å². The molecule has 2 rings (SSSR count). The lowest BCUT2D eigenvalue weighted by Crippen LogP contribution is -2.31. The SMILES string of the molecule is N#Cc1cc(CC(=O)c2ccccc2C(=O)NN)ccc1F. The minimum absolute atomic E-state index is 0.0518. The van der Waals surface area contributed by atoms with Gasteiger partial charge in [-0.25, -0.2) is 10.2 Å². The van der Waals surface area contributed by atoms with Crippen LogP contribution in [0.1, 0.15) is 31.8 Å². The molecule has 0 aliphatic heterocycles. The first-order valence-corrected chi connectivity index (χ1v) is 6.38. The van der Waals surface area contributed by atoms with Gasteiger partial charge in [0.25, 0.3) is 5.91 Å². The van der Waals surface area contributed by atoms with Crippen molar-refractivity contribution in [1.82, 2.24) is 5.43 Å². The van der Waals surface area contributed by atoms with E-state index in [0.717, 1.165) is 6.07 Å². The van der Waals surface area contributed by atoms with Crippen LogP contribution in [-0.2, 0) is 6.42 Å². The van der Waals surface area contributed by atoms with E-state index in [9.17, 15) is 14.0 Å². The van der Waals surface area contributed by atoms with Crippen molar-refractivity contribution in [3.63, 3.8) is 0 Å². The number of benzene rings is 2. The van der Waals surface area contributed by atoms with Crippen LogP contribution in [0, 0.1) is 17.1 Å². The highest BCUT2D eigenvalue weighted by molar-refractivity contribution is 6.08. The lowest BCUT2D eigenvalue weighted by molar-refractivity contribution is 0.0934. The van der Waals surface area contributed by atoms with E-state index >= 15 is 0 Å². The topological polar surface area (TPSA) is 96.0 Å². The first-order chi connectivity index (χ1) is 10.6. The fourth-order valence-corrected chi connectivity index (χ4v) is 2.05. The Labute approximate surface area is 126 Å². The summed E-state index contributed by atoms with van der Waals surface area (Å²) in [6.45, 7) is 0. The number of hydrogen-bond donors (Lipinski definition) is 2. The monoisotopic (exact) mass is 297 g/mol. The molecule has 2 aromatic rings. The van der Waals surface area contributed by atoms with E-state index in [-0.39, 0.29) is 28.9 Å². The number of nitrogens with one attached hydrogen (secondary N) is 1. The molecular formula is C16H12FN3O2. The van der Waals surface area contributed by atoms with Gasteiger partial charge in [-0.1, -0.05) is 24.3 Å². The lowest BCUT2D eigenvalue weighted by Gasteiger charge is -2.07. The highest BCUT2D eigenvalue weighted by Gasteiger charge is 2.16. The number of nitriles is 1. The summed E-state index contributed by atoms with van der Waals surface area (Å²) >= 11 is 0. The highest BCUT2D eigenvalue weighted by atomic mass is 19.1. The Kier molecular flexibility index (Phi) is 4.61. The molecule has 0 aliphatic carbocycles. The van der Waals surface area contributed by atoms with Crippen molar-refractivity contribution in [3.05, 3.63) is 70.5 Å². The van der Waals surface area contributed by atoms with Gasteiger partial charge in [-0.2, -0.15) is 5.26 Å². The van der Waals surface area contributed by atoms with Gasteiger partial charge in [0, 0.05) is 12.0 Å². The van der Waals surface area contributed by atoms with Crippen molar-refractivity contribution in [1.29, 1.82) is 5.26 Å². The summed E-state index contributed by atoms with van der Waals surface area (Å²) in [7, 11) is 0. The van der Waals surface area contributed by atoms with Crippen LogP contribution < -0.4 is 11.3 Å². The Bertz CT molecular complexity index is 781. The van der Waals surface area contributed by atoms with Crippen LogP contribution in [0.25, 0.3) is 0 Å². The zero-order valence-corrected chi connectivity index (χ0v) is 11.5. The third-order valence-corrected chi connectivity index (χ3v) is 3.12. The molecule has 0 atom stereocenters. The molecule has 3 N–H and O–H groups in total. The summed E-state index contributed by atoms with van der Waals surface area (Å²) in [4.78, 5) is 24.0. The molecule has 0 saturated carbocycles. The Morgan fingerprint density at radius 1 is 1.18 bits per heavy atom. The second-order valence-corrected chi connectivity index (χ2v) is 4.55. The fourth-order valence-electron chi connectivity index (χ4n) is 2.05. The highest BCUT2D eigenvalue weighted by Crippen LogP contribution is 2.15. The number of nitrogen functional groups attached to an aromatic ring is 1. The molecular weight excluding hydrogens is 285 g/mol. The molecule has 0 aliphatic rings. The van der Waals surface area contributed by atoms with Crippen molar-refractivity contribution in [3.8, 4) is 6.07 Å². The molecule has 0 unspecified atom stereocenters. The Morgan fingerprint density at radius 2 is 1.86 bits per heavy atom. The van der Waals surface area contributed by atoms with E-state index in [0.29, 0.717) is 5.56 Å². The van der Waals surface area contributed by atoms with Gasteiger partial charge >= 0.3 is 0 Å². The van der Waals surface area contributed by atoms with Crippen LogP contribution in [0.4, 0.5) is 4.39 Å². The Balaban J connectivity index is 2.31.